The lowest BCUT2D eigenvalue weighted by Gasteiger charge is -2.18. The maximum Gasteiger partial charge on any atom is 0.257 e. The van der Waals surface area contributed by atoms with E-state index >= 15 is 0 Å². The quantitative estimate of drug-likeness (QED) is 0.0887. The molecule has 1 unspecified atom stereocenters. The topological polar surface area (TPSA) is 160 Å². The van der Waals surface area contributed by atoms with Crippen LogP contribution in [0.4, 0.5) is 5.69 Å². The first kappa shape index (κ1) is 26.9. The van der Waals surface area contributed by atoms with Gasteiger partial charge in [0.25, 0.3) is 5.91 Å². The van der Waals surface area contributed by atoms with Crippen LogP contribution < -0.4 is 15.8 Å². The van der Waals surface area contributed by atoms with Crippen LogP contribution in [0, 0.1) is 0 Å². The van der Waals surface area contributed by atoms with E-state index < -0.39 is 22.0 Å². The van der Waals surface area contributed by atoms with E-state index in [2.05, 4.69) is 20.2 Å². The molecule has 0 aliphatic heterocycles. The summed E-state index contributed by atoms with van der Waals surface area (Å²) in [6.45, 7) is 0. The molecular formula is C28H24N6O4S2. The number of amidine groups is 1. The summed E-state index contributed by atoms with van der Waals surface area (Å²) in [5.41, 5.74) is 8.45. The van der Waals surface area contributed by atoms with Crippen molar-refractivity contribution in [2.24, 2.45) is 10.9 Å². The minimum Gasteiger partial charge on any atom is -0.409 e. The number of pyridine rings is 1. The van der Waals surface area contributed by atoms with Gasteiger partial charge < -0.3 is 16.3 Å². The number of aromatic nitrogens is 2. The molecule has 2 heterocycles. The van der Waals surface area contributed by atoms with E-state index in [4.69, 9.17) is 15.9 Å². The van der Waals surface area contributed by atoms with Crippen molar-refractivity contribution in [2.45, 2.75) is 17.4 Å². The molecule has 2 aromatic heterocycles. The standard InChI is InChI=1S/C28H24N6O4S2/c29-26(33-36)19-7-3-6-18(14-19)15-24(28-32-23-11-1-2-12-25(23)39-28)34-40(37,38)22-10-4-9-21(16-22)31-27(35)20-8-5-13-30-17-20/h1-14,16-17,24,34,36H,15H2,(H2,29,33)(H,31,35). The molecule has 0 saturated carbocycles. The summed E-state index contributed by atoms with van der Waals surface area (Å²) in [7, 11) is -4.05. The number of rotatable bonds is 9. The van der Waals surface area contributed by atoms with Crippen molar-refractivity contribution in [2.75, 3.05) is 5.32 Å². The van der Waals surface area contributed by atoms with Crippen molar-refractivity contribution in [3.05, 3.63) is 119 Å². The molecule has 0 aliphatic rings. The van der Waals surface area contributed by atoms with Gasteiger partial charge >= 0.3 is 0 Å². The van der Waals surface area contributed by atoms with Gasteiger partial charge in [-0.1, -0.05) is 41.6 Å². The largest absolute Gasteiger partial charge is 0.409 e. The number of nitrogens with zero attached hydrogens (tertiary/aromatic N) is 3. The molecule has 0 spiro atoms. The lowest BCUT2D eigenvalue weighted by atomic mass is 10.0. The SMILES string of the molecule is N/C(=N/O)c1cccc(CC(NS(=O)(=O)c2cccc(NC(=O)c3cccnc3)c2)c2nc3ccccc3s2)c1. The van der Waals surface area contributed by atoms with Crippen LogP contribution in [-0.4, -0.2) is 35.3 Å². The molecule has 0 saturated heterocycles. The maximum absolute atomic E-state index is 13.6. The van der Waals surface area contributed by atoms with E-state index in [1.165, 1.54) is 29.7 Å². The summed E-state index contributed by atoms with van der Waals surface area (Å²) in [4.78, 5) is 21.2. The Balaban J connectivity index is 1.45. The van der Waals surface area contributed by atoms with E-state index in [9.17, 15) is 13.2 Å². The predicted molar refractivity (Wildman–Crippen MR) is 154 cm³/mol. The number of para-hydroxylation sites is 1. The van der Waals surface area contributed by atoms with Gasteiger partial charge in [0.2, 0.25) is 10.0 Å². The van der Waals surface area contributed by atoms with Crippen LogP contribution in [0.3, 0.4) is 0 Å². The molecule has 0 radical (unpaired) electrons. The zero-order chi connectivity index (χ0) is 28.1. The van der Waals surface area contributed by atoms with Gasteiger partial charge in [0.05, 0.1) is 26.7 Å². The van der Waals surface area contributed by atoms with Gasteiger partial charge in [-0.15, -0.1) is 11.3 Å². The Morgan fingerprint density at radius 1 is 1.00 bits per heavy atom. The van der Waals surface area contributed by atoms with Crippen LogP contribution in [0.15, 0.2) is 107 Å². The lowest BCUT2D eigenvalue weighted by molar-refractivity contribution is 0.102. The third-order valence-electron chi connectivity index (χ3n) is 6.00. The first-order valence-electron chi connectivity index (χ1n) is 12.1. The average Bonchev–Trinajstić information content (AvgIpc) is 3.42. The van der Waals surface area contributed by atoms with Crippen LogP contribution in [0.2, 0.25) is 0 Å². The number of benzene rings is 3. The van der Waals surface area contributed by atoms with Crippen LogP contribution >= 0.6 is 11.3 Å². The molecule has 3 aromatic carbocycles. The fourth-order valence-electron chi connectivity index (χ4n) is 4.07. The Morgan fingerprint density at radius 2 is 1.80 bits per heavy atom. The highest BCUT2D eigenvalue weighted by atomic mass is 32.2. The zero-order valence-corrected chi connectivity index (χ0v) is 22.6. The van der Waals surface area contributed by atoms with Crippen LogP contribution in [-0.2, 0) is 16.4 Å². The Kier molecular flexibility index (Phi) is 7.82. The fraction of sp³-hybridized carbons (Fsp3) is 0.0714. The van der Waals surface area contributed by atoms with E-state index in [0.29, 0.717) is 21.8 Å². The summed E-state index contributed by atoms with van der Waals surface area (Å²) < 4.78 is 31.0. The summed E-state index contributed by atoms with van der Waals surface area (Å²) in [5.74, 6) is -0.461. The number of carbonyl (C=O) groups excluding carboxylic acids is 1. The number of fused-ring (bicyclic) bond motifs is 1. The first-order valence-corrected chi connectivity index (χ1v) is 14.4. The second-order valence-electron chi connectivity index (χ2n) is 8.81. The number of anilines is 1. The van der Waals surface area contributed by atoms with Crippen LogP contribution in [0.25, 0.3) is 10.2 Å². The Hall–Kier alpha value is -4.65. The van der Waals surface area contributed by atoms with Crippen LogP contribution in [0.5, 0.6) is 0 Å². The van der Waals surface area contributed by atoms with E-state index in [1.54, 1.807) is 48.7 Å². The van der Waals surface area contributed by atoms with Crippen molar-refractivity contribution in [1.29, 1.82) is 0 Å². The molecule has 5 N–H and O–H groups in total. The average molecular weight is 573 g/mol. The minimum absolute atomic E-state index is 0.0204. The van der Waals surface area contributed by atoms with Gasteiger partial charge in [-0.2, -0.15) is 0 Å². The summed E-state index contributed by atoms with van der Waals surface area (Å²) in [5, 5.41) is 15.4. The van der Waals surface area contributed by atoms with Crippen molar-refractivity contribution in [3.63, 3.8) is 0 Å². The number of oxime groups is 1. The third-order valence-corrected chi connectivity index (χ3v) is 8.62. The Bertz CT molecular complexity index is 1770. The predicted octanol–water partition coefficient (Wildman–Crippen LogP) is 4.30. The molecule has 1 atom stereocenters. The summed E-state index contributed by atoms with van der Waals surface area (Å²) in [6.07, 6.45) is 3.24. The number of nitrogens with one attached hydrogen (secondary N) is 2. The van der Waals surface area contributed by atoms with E-state index in [1.807, 2.05) is 30.3 Å². The van der Waals surface area contributed by atoms with Crippen molar-refractivity contribution >= 4 is 49.0 Å². The van der Waals surface area contributed by atoms with Gasteiger partial charge in [0.15, 0.2) is 5.84 Å². The Labute approximate surface area is 234 Å². The molecule has 0 fully saturated rings. The van der Waals surface area contributed by atoms with Gasteiger partial charge in [0, 0.05) is 23.6 Å². The van der Waals surface area contributed by atoms with Crippen molar-refractivity contribution in [3.8, 4) is 0 Å². The molecule has 202 valence electrons. The number of hydrogen-bond acceptors (Lipinski definition) is 8. The van der Waals surface area contributed by atoms with Gasteiger partial charge in [-0.05, 0) is 60.5 Å². The normalized spacial score (nSPS) is 12.8. The highest BCUT2D eigenvalue weighted by molar-refractivity contribution is 7.89. The molecular weight excluding hydrogens is 548 g/mol. The fourth-order valence-corrected chi connectivity index (χ4v) is 6.40. The molecule has 10 nitrogen and oxygen atoms in total. The molecule has 0 bridgehead atoms. The number of amides is 1. The molecule has 5 aromatic rings. The van der Waals surface area contributed by atoms with Gasteiger partial charge in [-0.3, -0.25) is 9.78 Å². The molecule has 0 aliphatic carbocycles. The highest BCUT2D eigenvalue weighted by Crippen LogP contribution is 2.30. The van der Waals surface area contributed by atoms with E-state index in [-0.39, 0.29) is 17.2 Å². The maximum atomic E-state index is 13.6. The number of nitrogens with two attached hydrogens (primary N) is 1. The zero-order valence-electron chi connectivity index (χ0n) is 20.9. The highest BCUT2D eigenvalue weighted by Gasteiger charge is 2.25. The first-order chi connectivity index (χ1) is 19.3. The van der Waals surface area contributed by atoms with Gasteiger partial charge in [0.1, 0.15) is 5.01 Å². The smallest absolute Gasteiger partial charge is 0.257 e. The van der Waals surface area contributed by atoms with Crippen molar-refractivity contribution in [1.82, 2.24) is 14.7 Å². The minimum atomic E-state index is -4.05. The Morgan fingerprint density at radius 3 is 2.58 bits per heavy atom. The lowest BCUT2D eigenvalue weighted by Crippen LogP contribution is -2.30. The van der Waals surface area contributed by atoms with Crippen LogP contribution in [0.1, 0.15) is 32.5 Å². The number of sulfonamides is 1. The summed E-state index contributed by atoms with van der Waals surface area (Å²) in [6, 6.07) is 23.1. The third kappa shape index (κ3) is 6.15. The van der Waals surface area contributed by atoms with Crippen molar-refractivity contribution < 1.29 is 18.4 Å². The molecule has 12 heteroatoms. The van der Waals surface area contributed by atoms with E-state index in [0.717, 1.165) is 15.8 Å². The summed E-state index contributed by atoms with van der Waals surface area (Å²) >= 11 is 1.40. The number of hydrogen-bond donors (Lipinski definition) is 4. The molecule has 1 amide bonds. The number of thiazole rings is 1. The molecule has 40 heavy (non-hydrogen) atoms. The second-order valence-corrected chi connectivity index (χ2v) is 11.6. The van der Waals surface area contributed by atoms with Gasteiger partial charge in [-0.25, -0.2) is 18.1 Å². The monoisotopic (exact) mass is 572 g/mol. The molecule has 5 rings (SSSR count). The number of carbonyl (C=O) groups is 1. The second kappa shape index (κ2) is 11.6.